The van der Waals surface area contributed by atoms with Crippen LogP contribution in [0.3, 0.4) is 0 Å². The topological polar surface area (TPSA) is 107 Å². The summed E-state index contributed by atoms with van der Waals surface area (Å²) in [4.78, 5) is 10.8. The maximum absolute atomic E-state index is 10.8. The highest BCUT2D eigenvalue weighted by molar-refractivity contribution is 5.67. The first-order valence-corrected chi connectivity index (χ1v) is 7.47. The summed E-state index contributed by atoms with van der Waals surface area (Å²) in [6, 6.07) is 0. The molecule has 0 spiro atoms. The fourth-order valence-corrected chi connectivity index (χ4v) is 2.76. The zero-order valence-electron chi connectivity index (χ0n) is 12.4. The molecule has 0 radical (unpaired) electrons. The fourth-order valence-electron chi connectivity index (χ4n) is 2.76. The second-order valence-corrected chi connectivity index (χ2v) is 5.50. The molecule has 0 saturated heterocycles. The van der Waals surface area contributed by atoms with Crippen molar-refractivity contribution in [3.8, 4) is 0 Å². The largest absolute Gasteiger partial charge is 0.481 e. The molecule has 0 aromatic heterocycles. The smallest absolute Gasteiger partial charge is 0.303 e. The van der Waals surface area contributed by atoms with Crippen LogP contribution in [0.25, 0.3) is 0 Å². The Morgan fingerprint density at radius 2 is 2.10 bits per heavy atom. The number of carboxylic acid groups (broad SMARTS) is 1. The molecule has 0 bridgehead atoms. The Kier molecular flexibility index (Phi) is 7.88. The molecule has 6 nitrogen and oxygen atoms in total. The molecule has 5 atom stereocenters. The van der Waals surface area contributed by atoms with E-state index >= 15 is 0 Å². The summed E-state index contributed by atoms with van der Waals surface area (Å²) in [6.07, 6.45) is 2.24. The van der Waals surface area contributed by atoms with Gasteiger partial charge in [-0.25, -0.2) is 0 Å². The lowest BCUT2D eigenvalue weighted by Gasteiger charge is -2.19. The van der Waals surface area contributed by atoms with Gasteiger partial charge in [0.05, 0.1) is 24.7 Å². The van der Waals surface area contributed by atoms with E-state index in [0.717, 1.165) is 6.42 Å². The summed E-state index contributed by atoms with van der Waals surface area (Å²) in [5, 5.41) is 38.4. The minimum absolute atomic E-state index is 0.174. The van der Waals surface area contributed by atoms with Crippen molar-refractivity contribution in [3.63, 3.8) is 0 Å². The number of ether oxygens (including phenoxy) is 1. The first kappa shape index (κ1) is 18.1. The lowest BCUT2D eigenvalue weighted by atomic mass is 9.90. The van der Waals surface area contributed by atoms with E-state index < -0.39 is 36.1 Å². The number of aliphatic hydroxyl groups excluding tert-OH is 3. The Bertz CT molecular complexity index is 343. The summed E-state index contributed by atoms with van der Waals surface area (Å²) in [5.41, 5.74) is 0. The number of carbonyl (C=O) groups is 1. The lowest BCUT2D eigenvalue weighted by Crippen LogP contribution is -2.23. The first-order valence-electron chi connectivity index (χ1n) is 7.47. The summed E-state index contributed by atoms with van der Waals surface area (Å²) in [5.74, 6) is -1.94. The van der Waals surface area contributed by atoms with Crippen molar-refractivity contribution >= 4 is 5.97 Å². The minimum atomic E-state index is -0.996. The van der Waals surface area contributed by atoms with Crippen LogP contribution in [0.5, 0.6) is 0 Å². The van der Waals surface area contributed by atoms with Gasteiger partial charge in [-0.3, -0.25) is 4.79 Å². The highest BCUT2D eigenvalue weighted by Crippen LogP contribution is 2.36. The molecule has 122 valence electrons. The van der Waals surface area contributed by atoms with Gasteiger partial charge >= 0.3 is 5.97 Å². The van der Waals surface area contributed by atoms with Crippen molar-refractivity contribution in [2.75, 3.05) is 13.2 Å². The Hall–Kier alpha value is -0.950. The van der Waals surface area contributed by atoms with Gasteiger partial charge < -0.3 is 25.2 Å². The molecule has 6 heteroatoms. The molecule has 5 unspecified atom stereocenters. The fraction of sp³-hybridized carbons (Fsp3) is 0.800. The lowest BCUT2D eigenvalue weighted by molar-refractivity contribution is -0.139. The first-order chi connectivity index (χ1) is 9.95. The van der Waals surface area contributed by atoms with Crippen LogP contribution < -0.4 is 0 Å². The number of aliphatic carboxylic acids is 1. The Morgan fingerprint density at radius 1 is 1.38 bits per heavy atom. The number of hydrogen-bond donors (Lipinski definition) is 4. The second kappa shape index (κ2) is 9.15. The van der Waals surface area contributed by atoms with Gasteiger partial charge in [0, 0.05) is 31.5 Å². The van der Waals surface area contributed by atoms with E-state index in [1.165, 1.54) is 0 Å². The predicted molar refractivity (Wildman–Crippen MR) is 76.7 cm³/mol. The Morgan fingerprint density at radius 3 is 2.71 bits per heavy atom. The Balaban J connectivity index is 2.49. The molecule has 1 aliphatic carbocycles. The number of aliphatic hydroxyl groups is 3. The van der Waals surface area contributed by atoms with Crippen LogP contribution in [0, 0.1) is 11.8 Å². The summed E-state index contributed by atoms with van der Waals surface area (Å²) in [7, 11) is 0. The van der Waals surface area contributed by atoms with E-state index in [9.17, 15) is 20.1 Å². The molecular weight excluding hydrogens is 276 g/mol. The van der Waals surface area contributed by atoms with Crippen LogP contribution in [0.2, 0.25) is 0 Å². The monoisotopic (exact) mass is 302 g/mol. The highest BCUT2D eigenvalue weighted by atomic mass is 16.5. The second-order valence-electron chi connectivity index (χ2n) is 5.50. The van der Waals surface area contributed by atoms with Crippen molar-refractivity contribution < 1.29 is 30.0 Å². The average molecular weight is 302 g/mol. The summed E-state index contributed by atoms with van der Waals surface area (Å²) in [6.45, 7) is 3.15. The van der Waals surface area contributed by atoms with E-state index in [-0.39, 0.29) is 12.8 Å². The maximum Gasteiger partial charge on any atom is 0.303 e. The van der Waals surface area contributed by atoms with Gasteiger partial charge in [-0.15, -0.1) is 0 Å². The van der Waals surface area contributed by atoms with Gasteiger partial charge in [0.1, 0.15) is 0 Å². The van der Waals surface area contributed by atoms with E-state index in [1.54, 1.807) is 12.2 Å². The number of carboxylic acids is 1. The SMILES string of the molecule is CCOCCCC(O)C=CC1C(O)CC(O)C1CC(=O)O. The molecule has 0 aromatic rings. The van der Waals surface area contributed by atoms with Crippen LogP contribution in [0.1, 0.15) is 32.6 Å². The van der Waals surface area contributed by atoms with Crippen molar-refractivity contribution in [2.45, 2.75) is 50.9 Å². The zero-order valence-corrected chi connectivity index (χ0v) is 12.4. The third kappa shape index (κ3) is 6.13. The highest BCUT2D eigenvalue weighted by Gasteiger charge is 2.41. The zero-order chi connectivity index (χ0) is 15.8. The molecule has 0 amide bonds. The van der Waals surface area contributed by atoms with E-state index in [0.29, 0.717) is 19.6 Å². The molecule has 1 saturated carbocycles. The van der Waals surface area contributed by atoms with Crippen LogP contribution in [0.4, 0.5) is 0 Å². The van der Waals surface area contributed by atoms with Gasteiger partial charge in [0.2, 0.25) is 0 Å². The van der Waals surface area contributed by atoms with Crippen LogP contribution in [0.15, 0.2) is 12.2 Å². The minimum Gasteiger partial charge on any atom is -0.481 e. The van der Waals surface area contributed by atoms with Crippen molar-refractivity contribution in [1.82, 2.24) is 0 Å². The molecule has 0 heterocycles. The molecule has 4 N–H and O–H groups in total. The van der Waals surface area contributed by atoms with Crippen LogP contribution >= 0.6 is 0 Å². The predicted octanol–water partition coefficient (Wildman–Crippen LogP) is 0.553. The maximum atomic E-state index is 10.8. The van der Waals surface area contributed by atoms with Gasteiger partial charge in [-0.05, 0) is 19.8 Å². The van der Waals surface area contributed by atoms with E-state index in [4.69, 9.17) is 9.84 Å². The van der Waals surface area contributed by atoms with E-state index in [2.05, 4.69) is 0 Å². The van der Waals surface area contributed by atoms with Gasteiger partial charge in [-0.2, -0.15) is 0 Å². The van der Waals surface area contributed by atoms with Gasteiger partial charge in [0.25, 0.3) is 0 Å². The molecule has 0 aliphatic heterocycles. The van der Waals surface area contributed by atoms with Crippen molar-refractivity contribution in [3.05, 3.63) is 12.2 Å². The third-order valence-corrected chi connectivity index (χ3v) is 3.87. The van der Waals surface area contributed by atoms with Crippen molar-refractivity contribution in [2.24, 2.45) is 11.8 Å². The Labute approximate surface area is 125 Å². The standard InChI is InChI=1S/C15H26O6/c1-2-21-7-3-4-10(16)5-6-11-12(8-15(19)20)14(18)9-13(11)17/h5-6,10-14,16-18H,2-4,7-9H2,1H3,(H,19,20). The van der Waals surface area contributed by atoms with Gasteiger partial charge in [0.15, 0.2) is 0 Å². The van der Waals surface area contributed by atoms with E-state index in [1.807, 2.05) is 6.92 Å². The number of hydrogen-bond acceptors (Lipinski definition) is 5. The molecule has 21 heavy (non-hydrogen) atoms. The molecular formula is C15H26O6. The summed E-state index contributed by atoms with van der Waals surface area (Å²) < 4.78 is 5.18. The van der Waals surface area contributed by atoms with Gasteiger partial charge in [-0.1, -0.05) is 12.2 Å². The molecule has 1 aliphatic rings. The quantitative estimate of drug-likeness (QED) is 0.366. The normalized spacial score (nSPS) is 30.9. The van der Waals surface area contributed by atoms with Crippen LogP contribution in [-0.2, 0) is 9.53 Å². The van der Waals surface area contributed by atoms with Crippen molar-refractivity contribution in [1.29, 1.82) is 0 Å². The molecule has 1 fully saturated rings. The third-order valence-electron chi connectivity index (χ3n) is 3.87. The molecule has 1 rings (SSSR count). The number of rotatable bonds is 9. The van der Waals surface area contributed by atoms with Crippen LogP contribution in [-0.4, -0.2) is 57.9 Å². The average Bonchev–Trinajstić information content (AvgIpc) is 2.66. The molecule has 0 aromatic carbocycles. The summed E-state index contributed by atoms with van der Waals surface area (Å²) >= 11 is 0.